The van der Waals surface area contributed by atoms with Crippen molar-refractivity contribution in [2.24, 2.45) is 0 Å². The molecule has 0 saturated heterocycles. The molecule has 0 aliphatic rings. The van der Waals surface area contributed by atoms with E-state index in [-0.39, 0.29) is 5.34 Å². The molecule has 4 heteroatoms. The molecule has 0 atom stereocenters. The number of rotatable bonds is 0. The van der Waals surface area contributed by atoms with Crippen molar-refractivity contribution in [2.45, 2.75) is 0 Å². The van der Waals surface area contributed by atoms with Crippen molar-refractivity contribution in [3.05, 3.63) is 0 Å². The van der Waals surface area contributed by atoms with Crippen molar-refractivity contribution < 1.29 is 19.4 Å². The number of halogens is 3. The molecule has 0 rings (SSSR count). The Kier molecular flexibility index (Phi) is 34.3. The van der Waals surface area contributed by atoms with Gasteiger partial charge in [-0.2, -0.15) is 0 Å². The Labute approximate surface area is 57.1 Å². The molecule has 0 aromatic carbocycles. The SMILES string of the molecule is ClCCl.[Cl][Ti]. The Hall–Kier alpha value is 1.58. The van der Waals surface area contributed by atoms with Gasteiger partial charge in [-0.05, 0) is 0 Å². The van der Waals surface area contributed by atoms with Crippen molar-refractivity contribution >= 4 is 32.5 Å². The van der Waals surface area contributed by atoms with Gasteiger partial charge in [-0.1, -0.05) is 0 Å². The summed E-state index contributed by atoms with van der Waals surface area (Å²) in [5.41, 5.74) is 0. The first kappa shape index (κ1) is 9.77. The molecule has 0 fully saturated rings. The van der Waals surface area contributed by atoms with Gasteiger partial charge in [0.2, 0.25) is 0 Å². The van der Waals surface area contributed by atoms with Gasteiger partial charge >= 0.3 is 28.7 Å². The molecule has 0 bridgehead atoms. The second-order valence-corrected chi connectivity index (χ2v) is 0.909. The van der Waals surface area contributed by atoms with Gasteiger partial charge in [0.15, 0.2) is 0 Å². The van der Waals surface area contributed by atoms with E-state index in [1.165, 1.54) is 19.4 Å². The van der Waals surface area contributed by atoms with E-state index in [4.69, 9.17) is 23.2 Å². The van der Waals surface area contributed by atoms with Gasteiger partial charge in [-0.3, -0.25) is 0 Å². The molecule has 31 valence electrons. The van der Waals surface area contributed by atoms with Crippen LogP contribution in [-0.2, 0) is 19.4 Å². The van der Waals surface area contributed by atoms with Crippen LogP contribution in [0.4, 0.5) is 0 Å². The van der Waals surface area contributed by atoms with Gasteiger partial charge in [0, 0.05) is 0 Å². The Morgan fingerprint density at radius 2 is 1.20 bits per heavy atom. The van der Waals surface area contributed by atoms with Crippen LogP contribution >= 0.6 is 32.5 Å². The van der Waals surface area contributed by atoms with Crippen LogP contribution in [0.5, 0.6) is 0 Å². The molecule has 0 saturated carbocycles. The van der Waals surface area contributed by atoms with Crippen LogP contribution in [0, 0.1) is 0 Å². The maximum atomic E-state index is 4.76. The molecule has 0 spiro atoms. The van der Waals surface area contributed by atoms with Crippen molar-refractivity contribution in [2.75, 3.05) is 5.34 Å². The molecule has 0 radical (unpaired) electrons. The third-order valence-electron chi connectivity index (χ3n) is 0. The quantitative estimate of drug-likeness (QED) is 0.384. The summed E-state index contributed by atoms with van der Waals surface area (Å²) in [6.45, 7) is 0. The molecule has 0 aliphatic heterocycles. The molecular formula is CH2Cl3Ti. The van der Waals surface area contributed by atoms with Gasteiger partial charge < -0.3 is 0 Å². The van der Waals surface area contributed by atoms with E-state index in [0.717, 1.165) is 0 Å². The number of hydrogen-bond donors (Lipinski definition) is 0. The standard InChI is InChI=1S/CH2Cl2.ClH.Ti/c2-1-3;;/h1H2;1H;/q;;+1/p-1. The molecule has 5 heavy (non-hydrogen) atoms. The first-order valence-electron chi connectivity index (χ1n) is 0.724. The third-order valence-corrected chi connectivity index (χ3v) is 0. The second kappa shape index (κ2) is 17.6. The Balaban J connectivity index is 0. The second-order valence-electron chi connectivity index (χ2n) is 0.101. The van der Waals surface area contributed by atoms with Gasteiger partial charge in [0.1, 0.15) is 0 Å². The van der Waals surface area contributed by atoms with Gasteiger partial charge in [0.25, 0.3) is 0 Å². The monoisotopic (exact) mass is 167 g/mol. The molecular weight excluding hydrogens is 166 g/mol. The fourth-order valence-corrected chi connectivity index (χ4v) is 0. The normalized spacial score (nSPS) is 4.40. The van der Waals surface area contributed by atoms with E-state index in [9.17, 15) is 0 Å². The van der Waals surface area contributed by atoms with E-state index in [1.54, 1.807) is 0 Å². The summed E-state index contributed by atoms with van der Waals surface area (Å²) in [5, 5.41) is 0.194. The molecule has 0 aromatic rings. The van der Waals surface area contributed by atoms with Crippen molar-refractivity contribution in [3.8, 4) is 0 Å². The molecule has 0 nitrogen and oxygen atoms in total. The molecule has 0 amide bonds. The Bertz CT molecular complexity index is 6.85. The van der Waals surface area contributed by atoms with E-state index >= 15 is 0 Å². The molecule has 0 aliphatic carbocycles. The molecule has 0 aromatic heterocycles. The minimum atomic E-state index is 0.194. The van der Waals surface area contributed by atoms with E-state index in [0.29, 0.717) is 0 Å². The predicted octanol–water partition coefficient (Wildman–Crippen LogP) is 2.11. The molecule has 0 N–H and O–H groups in total. The van der Waals surface area contributed by atoms with E-state index in [1.807, 2.05) is 0 Å². The zero-order valence-electron chi connectivity index (χ0n) is 2.34. The zero-order valence-corrected chi connectivity index (χ0v) is 6.17. The first-order valence-corrected chi connectivity index (χ1v) is 3.94. The van der Waals surface area contributed by atoms with Crippen LogP contribution in [0.25, 0.3) is 0 Å². The van der Waals surface area contributed by atoms with Gasteiger partial charge in [-0.25, -0.2) is 0 Å². The average Bonchev–Trinajstić information content (AvgIpc) is 1.46. The van der Waals surface area contributed by atoms with Crippen LogP contribution in [-0.4, -0.2) is 5.34 Å². The fraction of sp³-hybridized carbons (Fsp3) is 1.00. The van der Waals surface area contributed by atoms with Crippen LogP contribution in [0.15, 0.2) is 0 Å². The van der Waals surface area contributed by atoms with Crippen molar-refractivity contribution in [1.29, 1.82) is 0 Å². The van der Waals surface area contributed by atoms with Gasteiger partial charge in [0.05, 0.1) is 5.34 Å². The predicted molar refractivity (Wildman–Crippen MR) is 22.4 cm³/mol. The summed E-state index contributed by atoms with van der Waals surface area (Å²) >= 11 is 11.0. The third kappa shape index (κ3) is 28.6. The molecule has 0 heterocycles. The summed E-state index contributed by atoms with van der Waals surface area (Å²) < 4.78 is 0. The van der Waals surface area contributed by atoms with Crippen molar-refractivity contribution in [3.63, 3.8) is 0 Å². The summed E-state index contributed by atoms with van der Waals surface area (Å²) in [6, 6.07) is 0. The Morgan fingerprint density at radius 1 is 1.20 bits per heavy atom. The van der Waals surface area contributed by atoms with Crippen LogP contribution < -0.4 is 0 Å². The number of hydrogen-bond acceptors (Lipinski definition) is 0. The zero-order chi connectivity index (χ0) is 4.71. The Morgan fingerprint density at radius 3 is 1.20 bits per heavy atom. The fourth-order valence-electron chi connectivity index (χ4n) is 0. The van der Waals surface area contributed by atoms with Crippen LogP contribution in [0.2, 0.25) is 0 Å². The summed E-state index contributed by atoms with van der Waals surface area (Å²) in [7, 11) is 4.64. The minimum absolute atomic E-state index is 0.194. The molecule has 0 unspecified atom stereocenters. The summed E-state index contributed by atoms with van der Waals surface area (Å²) in [5.74, 6) is 0. The summed E-state index contributed by atoms with van der Waals surface area (Å²) in [6.07, 6.45) is 0. The van der Waals surface area contributed by atoms with E-state index < -0.39 is 0 Å². The number of alkyl halides is 2. The van der Waals surface area contributed by atoms with Gasteiger partial charge in [-0.15, -0.1) is 23.2 Å². The van der Waals surface area contributed by atoms with Crippen LogP contribution in [0.1, 0.15) is 0 Å². The van der Waals surface area contributed by atoms with E-state index in [2.05, 4.69) is 9.30 Å². The maximum absolute atomic E-state index is 4.76. The first-order chi connectivity index (χ1) is 2.41. The summed E-state index contributed by atoms with van der Waals surface area (Å²) in [4.78, 5) is 0. The van der Waals surface area contributed by atoms with Crippen molar-refractivity contribution in [1.82, 2.24) is 0 Å². The average molecular weight is 168 g/mol. The topological polar surface area (TPSA) is 0 Å². The van der Waals surface area contributed by atoms with Crippen LogP contribution in [0.3, 0.4) is 0 Å².